The van der Waals surface area contributed by atoms with Crippen molar-refractivity contribution in [3.63, 3.8) is 0 Å². The van der Waals surface area contributed by atoms with Crippen molar-refractivity contribution in [1.82, 2.24) is 4.57 Å². The smallest absolute Gasteiger partial charge is 0.344 e. The molecule has 160 valence electrons. The molecular weight excluding hydrogens is 398 g/mol. The van der Waals surface area contributed by atoms with Crippen molar-refractivity contribution >= 4 is 18.0 Å². The molecule has 0 N–H and O–H groups in total. The zero-order chi connectivity index (χ0) is 22.4. The molecule has 0 unspecified atom stereocenters. The van der Waals surface area contributed by atoms with Crippen LogP contribution in [0.5, 0.6) is 11.5 Å². The maximum Gasteiger partial charge on any atom is 0.344 e. The van der Waals surface area contributed by atoms with Gasteiger partial charge in [-0.05, 0) is 56.3 Å². The van der Waals surface area contributed by atoms with Gasteiger partial charge in [0, 0.05) is 22.6 Å². The van der Waals surface area contributed by atoms with Gasteiger partial charge in [0.25, 0.3) is 0 Å². The zero-order valence-corrected chi connectivity index (χ0v) is 17.6. The SMILES string of the molecule is COc1ccc(-n2c(C)cc(C(=O)COC(=O)COc3ccccc3C=O)c2C)cc1. The number of benzene rings is 2. The number of rotatable bonds is 9. The maximum atomic E-state index is 12.6. The van der Waals surface area contributed by atoms with Crippen molar-refractivity contribution < 1.29 is 28.6 Å². The summed E-state index contributed by atoms with van der Waals surface area (Å²) in [7, 11) is 1.60. The Morgan fingerprint density at radius 3 is 2.39 bits per heavy atom. The average Bonchev–Trinajstić information content (AvgIpc) is 3.10. The summed E-state index contributed by atoms with van der Waals surface area (Å²) in [5.41, 5.74) is 3.34. The molecule has 7 nitrogen and oxygen atoms in total. The van der Waals surface area contributed by atoms with Crippen LogP contribution >= 0.6 is 0 Å². The first kappa shape index (κ1) is 21.8. The lowest BCUT2D eigenvalue weighted by molar-refractivity contribution is -0.144. The fraction of sp³-hybridized carbons (Fsp3) is 0.208. The Kier molecular flexibility index (Phi) is 6.87. The lowest BCUT2D eigenvalue weighted by atomic mass is 10.1. The van der Waals surface area contributed by atoms with E-state index >= 15 is 0 Å². The molecule has 0 aliphatic heterocycles. The largest absolute Gasteiger partial charge is 0.497 e. The van der Waals surface area contributed by atoms with Crippen LogP contribution < -0.4 is 9.47 Å². The average molecular weight is 421 g/mol. The van der Waals surface area contributed by atoms with Crippen molar-refractivity contribution in [2.75, 3.05) is 20.3 Å². The van der Waals surface area contributed by atoms with Crippen molar-refractivity contribution in [3.8, 4) is 17.2 Å². The van der Waals surface area contributed by atoms with Crippen LogP contribution in [0.4, 0.5) is 0 Å². The molecule has 3 aromatic rings. The predicted octanol–water partition coefficient (Wildman–Crippen LogP) is 3.72. The first-order valence-electron chi connectivity index (χ1n) is 9.63. The molecule has 0 bridgehead atoms. The number of aryl methyl sites for hydroxylation is 1. The van der Waals surface area contributed by atoms with Gasteiger partial charge in [-0.1, -0.05) is 12.1 Å². The monoisotopic (exact) mass is 421 g/mol. The first-order valence-corrected chi connectivity index (χ1v) is 9.63. The predicted molar refractivity (Wildman–Crippen MR) is 114 cm³/mol. The summed E-state index contributed by atoms with van der Waals surface area (Å²) >= 11 is 0. The van der Waals surface area contributed by atoms with E-state index in [2.05, 4.69) is 0 Å². The van der Waals surface area contributed by atoms with Gasteiger partial charge in [0.05, 0.1) is 12.7 Å². The van der Waals surface area contributed by atoms with Crippen LogP contribution in [0, 0.1) is 13.8 Å². The number of ether oxygens (including phenoxy) is 3. The van der Waals surface area contributed by atoms with Gasteiger partial charge in [-0.25, -0.2) is 4.79 Å². The number of hydrogen-bond donors (Lipinski definition) is 0. The molecule has 0 aliphatic carbocycles. The van der Waals surface area contributed by atoms with Gasteiger partial charge < -0.3 is 18.8 Å². The maximum absolute atomic E-state index is 12.6. The molecule has 0 fully saturated rings. The summed E-state index contributed by atoms with van der Waals surface area (Å²) < 4.78 is 17.5. The normalized spacial score (nSPS) is 10.4. The molecule has 0 aliphatic rings. The minimum Gasteiger partial charge on any atom is -0.497 e. The highest BCUT2D eigenvalue weighted by atomic mass is 16.6. The molecule has 0 spiro atoms. The van der Waals surface area contributed by atoms with Gasteiger partial charge in [0.15, 0.2) is 19.5 Å². The highest BCUT2D eigenvalue weighted by Crippen LogP contribution is 2.23. The Morgan fingerprint density at radius 2 is 1.71 bits per heavy atom. The van der Waals surface area contributed by atoms with E-state index in [4.69, 9.17) is 14.2 Å². The minimum absolute atomic E-state index is 0.281. The Labute approximate surface area is 180 Å². The number of ketones is 1. The fourth-order valence-electron chi connectivity index (χ4n) is 3.29. The molecule has 0 amide bonds. The van der Waals surface area contributed by atoms with Gasteiger partial charge in [0.2, 0.25) is 5.78 Å². The molecule has 0 saturated heterocycles. The third-order valence-electron chi connectivity index (χ3n) is 4.82. The highest BCUT2D eigenvalue weighted by Gasteiger charge is 2.18. The first-order chi connectivity index (χ1) is 14.9. The third kappa shape index (κ3) is 5.01. The number of aromatic nitrogens is 1. The summed E-state index contributed by atoms with van der Waals surface area (Å²) in [6, 6.07) is 15.8. The van der Waals surface area contributed by atoms with E-state index < -0.39 is 19.2 Å². The standard InChI is InChI=1S/C24H23NO6/c1-16-12-21(17(2)25(16)19-8-10-20(29-3)11-9-19)22(27)14-31-24(28)15-30-23-7-5-4-6-18(23)13-26/h4-13H,14-15H2,1-3H3. The molecule has 1 heterocycles. The molecule has 31 heavy (non-hydrogen) atoms. The van der Waals surface area contributed by atoms with E-state index in [1.165, 1.54) is 0 Å². The number of carbonyl (C=O) groups is 3. The van der Waals surface area contributed by atoms with Gasteiger partial charge in [-0.3, -0.25) is 9.59 Å². The summed E-state index contributed by atoms with van der Waals surface area (Å²) in [6.07, 6.45) is 0.642. The van der Waals surface area contributed by atoms with Gasteiger partial charge >= 0.3 is 5.97 Å². The second-order valence-electron chi connectivity index (χ2n) is 6.85. The summed E-state index contributed by atoms with van der Waals surface area (Å²) in [4.78, 5) is 35.6. The van der Waals surface area contributed by atoms with Crippen molar-refractivity contribution in [1.29, 1.82) is 0 Å². The highest BCUT2D eigenvalue weighted by molar-refractivity contribution is 5.99. The Balaban J connectivity index is 1.62. The molecule has 7 heteroatoms. The molecule has 0 atom stereocenters. The second kappa shape index (κ2) is 9.75. The number of Topliss-reactive ketones (excluding diaryl/α,β-unsaturated/α-hetero) is 1. The number of para-hydroxylation sites is 1. The molecule has 1 aromatic heterocycles. The summed E-state index contributed by atoms with van der Waals surface area (Å²) in [6.45, 7) is 2.94. The molecular formula is C24H23NO6. The summed E-state index contributed by atoms with van der Waals surface area (Å²) in [5.74, 6) is 0.0174. The van der Waals surface area contributed by atoms with E-state index in [1.54, 1.807) is 37.4 Å². The number of nitrogens with zero attached hydrogens (tertiary/aromatic N) is 1. The number of carbonyl (C=O) groups excluding carboxylic acids is 3. The quantitative estimate of drug-likeness (QED) is 0.297. The third-order valence-corrected chi connectivity index (χ3v) is 4.82. The van der Waals surface area contributed by atoms with E-state index in [-0.39, 0.29) is 11.5 Å². The van der Waals surface area contributed by atoms with Gasteiger partial charge in [-0.2, -0.15) is 0 Å². The van der Waals surface area contributed by atoms with Crippen LogP contribution in [-0.4, -0.2) is 42.9 Å². The van der Waals surface area contributed by atoms with Crippen LogP contribution in [0.15, 0.2) is 54.6 Å². The van der Waals surface area contributed by atoms with E-state index in [1.807, 2.05) is 42.7 Å². The van der Waals surface area contributed by atoms with Crippen LogP contribution in [-0.2, 0) is 9.53 Å². The lowest BCUT2D eigenvalue weighted by Gasteiger charge is -2.11. The topological polar surface area (TPSA) is 83.8 Å². The number of aldehydes is 1. The molecule has 0 saturated carbocycles. The second-order valence-corrected chi connectivity index (χ2v) is 6.85. The summed E-state index contributed by atoms with van der Waals surface area (Å²) in [5, 5.41) is 0. The van der Waals surface area contributed by atoms with Crippen molar-refractivity contribution in [2.45, 2.75) is 13.8 Å². The van der Waals surface area contributed by atoms with Crippen molar-refractivity contribution in [3.05, 3.63) is 77.1 Å². The van der Waals surface area contributed by atoms with E-state index in [9.17, 15) is 14.4 Å². The van der Waals surface area contributed by atoms with Crippen LogP contribution in [0.2, 0.25) is 0 Å². The fourth-order valence-corrected chi connectivity index (χ4v) is 3.29. The van der Waals surface area contributed by atoms with Gasteiger partial charge in [-0.15, -0.1) is 0 Å². The number of hydrogen-bond acceptors (Lipinski definition) is 6. The van der Waals surface area contributed by atoms with Gasteiger partial charge in [0.1, 0.15) is 11.5 Å². The van der Waals surface area contributed by atoms with Crippen LogP contribution in [0.3, 0.4) is 0 Å². The zero-order valence-electron chi connectivity index (χ0n) is 17.6. The number of methoxy groups -OCH3 is 1. The minimum atomic E-state index is -0.696. The molecule has 3 rings (SSSR count). The van der Waals surface area contributed by atoms with Crippen molar-refractivity contribution in [2.24, 2.45) is 0 Å². The van der Waals surface area contributed by atoms with Crippen LogP contribution in [0.1, 0.15) is 32.1 Å². The number of esters is 1. The van der Waals surface area contributed by atoms with Crippen LogP contribution in [0.25, 0.3) is 5.69 Å². The molecule has 2 aromatic carbocycles. The van der Waals surface area contributed by atoms with E-state index in [0.29, 0.717) is 17.4 Å². The Morgan fingerprint density at radius 1 is 1.00 bits per heavy atom. The molecule has 0 radical (unpaired) electrons. The van der Waals surface area contributed by atoms with E-state index in [0.717, 1.165) is 22.8 Å². The Bertz CT molecular complexity index is 1100. The Hall–Kier alpha value is -3.87. The lowest BCUT2D eigenvalue weighted by Crippen LogP contribution is -2.20.